The zero-order chi connectivity index (χ0) is 56.5. The fraction of sp³-hybridized carbons (Fsp3) is 0.639. The van der Waals surface area contributed by atoms with Gasteiger partial charge < -0.3 is 23.7 Å². The van der Waals surface area contributed by atoms with Crippen LogP contribution in [0.2, 0.25) is 0 Å². The molecule has 1 fully saturated rings. The highest BCUT2D eigenvalue weighted by Crippen LogP contribution is 2.51. The van der Waals surface area contributed by atoms with E-state index in [-0.39, 0.29) is 17.3 Å². The number of hydrogen-bond acceptors (Lipinski definition) is 11. The zero-order valence-electron chi connectivity index (χ0n) is 47.1. The lowest BCUT2D eigenvalue weighted by Crippen LogP contribution is -2.40. The Hall–Kier alpha value is -4.19. The fourth-order valence-corrected chi connectivity index (χ4v) is 12.2. The van der Waals surface area contributed by atoms with Crippen LogP contribution < -0.4 is 18.9 Å². The van der Waals surface area contributed by atoms with Crippen molar-refractivity contribution in [3.63, 3.8) is 0 Å². The zero-order valence-corrected chi connectivity index (χ0v) is 48.7. The predicted molar refractivity (Wildman–Crippen MR) is 303 cm³/mol. The molecule has 0 radical (unpaired) electrons. The van der Waals surface area contributed by atoms with E-state index in [1.807, 2.05) is 49.1 Å². The standard InChI is InChI=1S/C30H40F5NO2S.C26H37NO5S.C5H10O/c1-28(23-14-17-36-18-15-23)22-38-27-21-24(37-2)12-13-25(27)26(28)11-8-6-4-3-5-7-9-19-39-20-10-16-29(31,32)30(33,34)35;1-26(21-14-16-27-17-15-21)20-31-25-19-22(30-2)12-13-23(25)24(26)11-9-7-5-4-6-8-10-18-32-33(3,28)29;1-5-3-2-4-6-5/h12-15,17-18,21,26H,3-11,16,19-20,22H2,1-2H3;12-17,19,24H,4-11,18,20H2,1-3H3;5H,2-4H2,1H3/t26-,28-;;/m1../s1. The summed E-state index contributed by atoms with van der Waals surface area (Å²) in [5, 5.41) is 0. The second-order valence-electron chi connectivity index (χ2n) is 21.6. The molecule has 5 atom stereocenters. The molecule has 10 nitrogen and oxygen atoms in total. The van der Waals surface area contributed by atoms with E-state index in [0.29, 0.717) is 43.5 Å². The lowest BCUT2D eigenvalue weighted by molar-refractivity contribution is -0.284. The predicted octanol–water partition coefficient (Wildman–Crippen LogP) is 16.2. The Labute approximate surface area is 467 Å². The number of halogens is 5. The molecule has 3 aliphatic rings. The largest absolute Gasteiger partial charge is 0.497 e. The maximum Gasteiger partial charge on any atom is 0.453 e. The van der Waals surface area contributed by atoms with Gasteiger partial charge in [-0.2, -0.15) is 42.1 Å². The van der Waals surface area contributed by atoms with E-state index in [1.54, 1.807) is 14.2 Å². The Morgan fingerprint density at radius 2 is 1.06 bits per heavy atom. The highest BCUT2D eigenvalue weighted by Gasteiger charge is 2.56. The topological polar surface area (TPSA) is 115 Å². The van der Waals surface area contributed by atoms with Crippen molar-refractivity contribution in [1.82, 2.24) is 9.97 Å². The van der Waals surface area contributed by atoms with Crippen molar-refractivity contribution in [3.05, 3.63) is 108 Å². The number of thioether (sulfide) groups is 1. The molecule has 7 rings (SSSR count). The van der Waals surface area contributed by atoms with Gasteiger partial charge in [-0.15, -0.1) is 0 Å². The summed E-state index contributed by atoms with van der Waals surface area (Å²) in [5.74, 6) is 0.701. The number of benzene rings is 2. The first-order valence-electron chi connectivity index (χ1n) is 28.2. The Morgan fingerprint density at radius 3 is 1.46 bits per heavy atom. The summed E-state index contributed by atoms with van der Waals surface area (Å²) in [4.78, 5) is 8.40. The lowest BCUT2D eigenvalue weighted by Gasteiger charge is -2.43. The maximum atomic E-state index is 12.9. The van der Waals surface area contributed by atoms with Crippen molar-refractivity contribution in [1.29, 1.82) is 0 Å². The average Bonchev–Trinajstić information content (AvgIpc) is 4.06. The number of alkyl halides is 5. The summed E-state index contributed by atoms with van der Waals surface area (Å²) in [6.07, 6.45) is 22.4. The summed E-state index contributed by atoms with van der Waals surface area (Å²) in [5.41, 5.74) is 4.72. The molecule has 17 heteroatoms. The number of nitrogens with zero attached hydrogens (tertiary/aromatic N) is 2. The molecule has 3 unspecified atom stereocenters. The first kappa shape index (κ1) is 64.6. The molecule has 5 heterocycles. The smallest absolute Gasteiger partial charge is 0.453 e. The Balaban J connectivity index is 0.000000261. The molecular weight excluding hydrogens is 1050 g/mol. The van der Waals surface area contributed by atoms with Gasteiger partial charge in [-0.05, 0) is 122 Å². The van der Waals surface area contributed by atoms with E-state index >= 15 is 0 Å². The molecule has 0 amide bonds. The van der Waals surface area contributed by atoms with Crippen LogP contribution in [0, 0.1) is 0 Å². The number of methoxy groups -OCH3 is 2. The molecule has 78 heavy (non-hydrogen) atoms. The second-order valence-corrected chi connectivity index (χ2v) is 24.5. The van der Waals surface area contributed by atoms with E-state index in [0.717, 1.165) is 125 Å². The Kier molecular flexibility index (Phi) is 26.8. The van der Waals surface area contributed by atoms with Gasteiger partial charge in [0.2, 0.25) is 0 Å². The molecule has 4 aromatic rings. The van der Waals surface area contributed by atoms with E-state index in [9.17, 15) is 30.4 Å². The van der Waals surface area contributed by atoms with Crippen molar-refractivity contribution < 1.29 is 58.2 Å². The molecule has 0 bridgehead atoms. The van der Waals surface area contributed by atoms with Gasteiger partial charge in [0.05, 0.1) is 46.4 Å². The van der Waals surface area contributed by atoms with E-state index < -0.39 is 28.6 Å². The number of aromatic nitrogens is 2. The van der Waals surface area contributed by atoms with E-state index in [2.05, 4.69) is 67.1 Å². The molecule has 3 aliphatic heterocycles. The number of unbranched alkanes of at least 4 members (excludes halogenated alkanes) is 12. The fourth-order valence-electron chi connectivity index (χ4n) is 10.8. The summed E-state index contributed by atoms with van der Waals surface area (Å²) >= 11 is 1.46. The van der Waals surface area contributed by atoms with Gasteiger partial charge >= 0.3 is 12.1 Å². The minimum Gasteiger partial charge on any atom is -0.497 e. The summed E-state index contributed by atoms with van der Waals surface area (Å²) in [6.45, 7) is 9.22. The minimum atomic E-state index is -5.44. The van der Waals surface area contributed by atoms with Gasteiger partial charge in [-0.3, -0.25) is 14.2 Å². The third-order valence-electron chi connectivity index (χ3n) is 15.5. The molecule has 0 saturated carbocycles. The van der Waals surface area contributed by atoms with Crippen LogP contribution in [0.3, 0.4) is 0 Å². The van der Waals surface area contributed by atoms with Crippen molar-refractivity contribution in [2.45, 2.75) is 190 Å². The SMILES string of the molecule is CC1CCCO1.COc1ccc2c(c1)OCC(C)(c1ccncc1)C2CCCCCCCCCOS(C)(=O)=O.COc1ccc2c(c1)OC[C@](C)(c1ccncc1)[C@@H]2CCCCCCCCCSCCCC(F)(F)C(F)(F)F. The first-order valence-corrected chi connectivity index (χ1v) is 31.2. The minimum absolute atomic E-state index is 0.107. The van der Waals surface area contributed by atoms with Crippen LogP contribution in [0.25, 0.3) is 0 Å². The molecule has 0 N–H and O–H groups in total. The van der Waals surface area contributed by atoms with Gasteiger partial charge in [0.25, 0.3) is 10.1 Å². The molecule has 1 saturated heterocycles. The van der Waals surface area contributed by atoms with Gasteiger partial charge in [0.1, 0.15) is 23.0 Å². The first-order chi connectivity index (χ1) is 37.3. The normalized spacial score (nSPS) is 20.9. The number of pyridine rings is 2. The van der Waals surface area contributed by atoms with Crippen LogP contribution in [0.1, 0.15) is 183 Å². The molecule has 436 valence electrons. The van der Waals surface area contributed by atoms with Crippen LogP contribution in [0.5, 0.6) is 23.0 Å². The number of ether oxygens (including phenoxy) is 5. The third-order valence-corrected chi connectivity index (χ3v) is 17.3. The van der Waals surface area contributed by atoms with Crippen molar-refractivity contribution in [2.75, 3.05) is 58.4 Å². The van der Waals surface area contributed by atoms with E-state index in [1.165, 1.54) is 66.1 Å². The van der Waals surface area contributed by atoms with Crippen molar-refractivity contribution >= 4 is 21.9 Å². The summed E-state index contributed by atoms with van der Waals surface area (Å²) in [6, 6.07) is 20.7. The van der Waals surface area contributed by atoms with Crippen LogP contribution in [-0.2, 0) is 29.9 Å². The summed E-state index contributed by atoms with van der Waals surface area (Å²) < 4.78 is 117. The highest BCUT2D eigenvalue weighted by molar-refractivity contribution is 7.99. The van der Waals surface area contributed by atoms with Crippen molar-refractivity contribution in [2.24, 2.45) is 0 Å². The molecule has 2 aromatic heterocycles. The van der Waals surface area contributed by atoms with Gasteiger partial charge in [-0.1, -0.05) is 103 Å². The molecule has 0 spiro atoms. The van der Waals surface area contributed by atoms with Crippen LogP contribution in [0.15, 0.2) is 85.5 Å². The van der Waals surface area contributed by atoms with Gasteiger partial charge in [0.15, 0.2) is 0 Å². The number of hydrogen-bond donors (Lipinski definition) is 0. The monoisotopic (exact) mass is 1130 g/mol. The quantitative estimate of drug-likeness (QED) is 0.0294. The van der Waals surface area contributed by atoms with Crippen LogP contribution >= 0.6 is 11.8 Å². The van der Waals surface area contributed by atoms with Crippen LogP contribution in [0.4, 0.5) is 22.0 Å². The molecular formula is C61H87F5N2O8S2. The van der Waals surface area contributed by atoms with Crippen LogP contribution in [-0.4, -0.2) is 95.0 Å². The average molecular weight is 1140 g/mol. The number of rotatable bonds is 29. The Bertz CT molecular complexity index is 2430. The van der Waals surface area contributed by atoms with Gasteiger partial charge in [-0.25, -0.2) is 0 Å². The lowest BCUT2D eigenvalue weighted by atomic mass is 9.66. The maximum absolute atomic E-state index is 12.9. The van der Waals surface area contributed by atoms with Gasteiger partial charge in [0, 0.05) is 72.6 Å². The number of fused-ring (bicyclic) bond motifs is 2. The summed E-state index contributed by atoms with van der Waals surface area (Å²) in [7, 11) is 0.0295. The third kappa shape index (κ3) is 20.4. The Morgan fingerprint density at radius 1 is 0.628 bits per heavy atom. The highest BCUT2D eigenvalue weighted by atomic mass is 32.2. The van der Waals surface area contributed by atoms with E-state index in [4.69, 9.17) is 27.9 Å². The molecule has 2 aromatic carbocycles. The second kappa shape index (κ2) is 32.3. The molecule has 0 aliphatic carbocycles. The van der Waals surface area contributed by atoms with Crippen molar-refractivity contribution in [3.8, 4) is 23.0 Å².